The van der Waals surface area contributed by atoms with Crippen LogP contribution in [0.5, 0.6) is 5.75 Å². The minimum Gasteiger partial charge on any atom is -0.490 e. The van der Waals surface area contributed by atoms with E-state index in [9.17, 15) is 5.11 Å². The molecule has 0 aromatic heterocycles. The lowest BCUT2D eigenvalue weighted by molar-refractivity contribution is 0.0558. The number of halogens is 1. The topological polar surface area (TPSA) is 32.7 Å². The SMILES string of the molecule is Cc1cccc(C)c1OCC(O)CN(C)C1CCCCC1.Cl. The van der Waals surface area contributed by atoms with Crippen molar-refractivity contribution in [3.63, 3.8) is 0 Å². The monoisotopic (exact) mass is 327 g/mol. The second-order valence-electron chi connectivity index (χ2n) is 6.42. The third-order valence-electron chi connectivity index (χ3n) is 4.53. The summed E-state index contributed by atoms with van der Waals surface area (Å²) in [6.07, 6.45) is 6.11. The molecule has 2 rings (SSSR count). The van der Waals surface area contributed by atoms with E-state index in [1.165, 1.54) is 32.1 Å². The Kier molecular flexibility index (Phi) is 8.23. The molecule has 1 aromatic carbocycles. The molecule has 22 heavy (non-hydrogen) atoms. The highest BCUT2D eigenvalue weighted by Gasteiger charge is 2.20. The number of aryl methyl sites for hydroxylation is 2. The Hall–Kier alpha value is -0.770. The summed E-state index contributed by atoms with van der Waals surface area (Å²) >= 11 is 0. The van der Waals surface area contributed by atoms with Gasteiger partial charge in [-0.2, -0.15) is 0 Å². The van der Waals surface area contributed by atoms with Gasteiger partial charge in [0, 0.05) is 12.6 Å². The zero-order valence-corrected chi connectivity index (χ0v) is 14.9. The smallest absolute Gasteiger partial charge is 0.125 e. The highest BCUT2D eigenvalue weighted by Crippen LogP contribution is 2.23. The number of rotatable bonds is 6. The lowest BCUT2D eigenvalue weighted by atomic mass is 9.94. The minimum atomic E-state index is -0.434. The Morgan fingerprint density at radius 1 is 1.18 bits per heavy atom. The average molecular weight is 328 g/mol. The first-order valence-electron chi connectivity index (χ1n) is 8.15. The minimum absolute atomic E-state index is 0. The third-order valence-corrected chi connectivity index (χ3v) is 4.53. The van der Waals surface area contributed by atoms with Crippen LogP contribution in [0.15, 0.2) is 18.2 Å². The molecule has 1 saturated carbocycles. The molecule has 1 atom stereocenters. The van der Waals surface area contributed by atoms with Crippen molar-refractivity contribution in [2.75, 3.05) is 20.2 Å². The Morgan fingerprint density at radius 2 is 1.77 bits per heavy atom. The molecule has 1 N–H and O–H groups in total. The zero-order chi connectivity index (χ0) is 15.2. The van der Waals surface area contributed by atoms with Crippen molar-refractivity contribution >= 4 is 12.4 Å². The van der Waals surface area contributed by atoms with E-state index in [1.807, 2.05) is 32.0 Å². The van der Waals surface area contributed by atoms with Crippen LogP contribution in [0.1, 0.15) is 43.2 Å². The van der Waals surface area contributed by atoms with E-state index in [-0.39, 0.29) is 12.4 Å². The predicted octanol–water partition coefficient (Wildman–Crippen LogP) is 3.73. The van der Waals surface area contributed by atoms with Gasteiger partial charge >= 0.3 is 0 Å². The molecule has 0 bridgehead atoms. The molecular weight excluding hydrogens is 298 g/mol. The van der Waals surface area contributed by atoms with Gasteiger partial charge in [-0.1, -0.05) is 37.5 Å². The Labute approximate surface area is 141 Å². The molecule has 1 fully saturated rings. The molecule has 0 spiro atoms. The molecule has 1 aliphatic carbocycles. The number of aliphatic hydroxyl groups excluding tert-OH is 1. The quantitative estimate of drug-likeness (QED) is 0.864. The number of hydrogen-bond acceptors (Lipinski definition) is 3. The van der Waals surface area contributed by atoms with Gasteiger partial charge in [-0.25, -0.2) is 0 Å². The standard InChI is InChI=1S/C18H29NO2.ClH/c1-14-8-7-9-15(2)18(14)21-13-17(20)12-19(3)16-10-5-4-6-11-16;/h7-9,16-17,20H,4-6,10-13H2,1-3H3;1H. The number of aliphatic hydroxyl groups is 1. The largest absolute Gasteiger partial charge is 0.490 e. The van der Waals surface area contributed by atoms with Gasteiger partial charge in [0.05, 0.1) is 0 Å². The Bertz CT molecular complexity index is 426. The maximum atomic E-state index is 10.2. The Balaban J connectivity index is 0.00000242. The van der Waals surface area contributed by atoms with Gasteiger partial charge < -0.3 is 14.7 Å². The first-order chi connectivity index (χ1) is 10.1. The maximum absolute atomic E-state index is 10.2. The van der Waals surface area contributed by atoms with Gasteiger partial charge in [-0.3, -0.25) is 0 Å². The predicted molar refractivity (Wildman–Crippen MR) is 94.2 cm³/mol. The number of benzene rings is 1. The van der Waals surface area contributed by atoms with Crippen molar-refractivity contribution in [3.05, 3.63) is 29.3 Å². The van der Waals surface area contributed by atoms with Crippen LogP contribution in [-0.2, 0) is 0 Å². The summed E-state index contributed by atoms with van der Waals surface area (Å²) in [6, 6.07) is 6.75. The molecule has 0 aliphatic heterocycles. The van der Waals surface area contributed by atoms with E-state index in [0.717, 1.165) is 16.9 Å². The molecule has 0 heterocycles. The van der Waals surface area contributed by atoms with Gasteiger partial charge in [-0.05, 0) is 44.9 Å². The number of ether oxygens (including phenoxy) is 1. The molecule has 1 unspecified atom stereocenters. The van der Waals surface area contributed by atoms with E-state index in [2.05, 4.69) is 11.9 Å². The molecule has 1 aliphatic rings. The average Bonchev–Trinajstić information content (AvgIpc) is 2.47. The molecule has 0 amide bonds. The summed E-state index contributed by atoms with van der Waals surface area (Å²) in [5.74, 6) is 0.914. The second kappa shape index (κ2) is 9.39. The second-order valence-corrected chi connectivity index (χ2v) is 6.42. The van der Waals surface area contributed by atoms with E-state index in [0.29, 0.717) is 19.2 Å². The van der Waals surface area contributed by atoms with Gasteiger partial charge in [0.1, 0.15) is 18.5 Å². The molecule has 0 saturated heterocycles. The van der Waals surface area contributed by atoms with Crippen LogP contribution in [-0.4, -0.2) is 42.4 Å². The van der Waals surface area contributed by atoms with E-state index >= 15 is 0 Å². The lowest BCUT2D eigenvalue weighted by Crippen LogP contribution is -2.40. The summed E-state index contributed by atoms with van der Waals surface area (Å²) < 4.78 is 5.84. The summed E-state index contributed by atoms with van der Waals surface area (Å²) in [4.78, 5) is 2.30. The number of nitrogens with zero attached hydrogens (tertiary/aromatic N) is 1. The van der Waals surface area contributed by atoms with Crippen molar-refractivity contribution in [3.8, 4) is 5.75 Å². The van der Waals surface area contributed by atoms with Crippen LogP contribution in [0.2, 0.25) is 0 Å². The normalized spacial score (nSPS) is 17.1. The summed E-state index contributed by atoms with van der Waals surface area (Å²) in [6.45, 7) is 5.14. The van der Waals surface area contributed by atoms with Gasteiger partial charge in [0.15, 0.2) is 0 Å². The van der Waals surface area contributed by atoms with Crippen LogP contribution in [0.25, 0.3) is 0 Å². The molecule has 0 radical (unpaired) electrons. The summed E-state index contributed by atoms with van der Waals surface area (Å²) in [5, 5.41) is 10.2. The van der Waals surface area contributed by atoms with Gasteiger partial charge in [0.2, 0.25) is 0 Å². The fraction of sp³-hybridized carbons (Fsp3) is 0.667. The number of likely N-dealkylation sites (N-methyl/N-ethyl adjacent to an activating group) is 1. The van der Waals surface area contributed by atoms with Crippen molar-refractivity contribution in [1.82, 2.24) is 4.90 Å². The third kappa shape index (κ3) is 5.45. The van der Waals surface area contributed by atoms with Crippen molar-refractivity contribution in [2.45, 2.75) is 58.1 Å². The highest BCUT2D eigenvalue weighted by molar-refractivity contribution is 5.85. The van der Waals surface area contributed by atoms with Crippen LogP contribution >= 0.6 is 12.4 Å². The number of para-hydroxylation sites is 1. The van der Waals surface area contributed by atoms with Crippen molar-refractivity contribution < 1.29 is 9.84 Å². The summed E-state index contributed by atoms with van der Waals surface area (Å²) in [5.41, 5.74) is 2.26. The maximum Gasteiger partial charge on any atom is 0.125 e. The lowest BCUT2D eigenvalue weighted by Gasteiger charge is -2.32. The van der Waals surface area contributed by atoms with E-state index in [4.69, 9.17) is 4.74 Å². The fourth-order valence-corrected chi connectivity index (χ4v) is 3.26. The molecule has 4 heteroatoms. The molecule has 126 valence electrons. The summed E-state index contributed by atoms with van der Waals surface area (Å²) in [7, 11) is 2.12. The van der Waals surface area contributed by atoms with Gasteiger partial charge in [-0.15, -0.1) is 12.4 Å². The zero-order valence-electron chi connectivity index (χ0n) is 14.0. The van der Waals surface area contributed by atoms with Gasteiger partial charge in [0.25, 0.3) is 0 Å². The first kappa shape index (κ1) is 19.3. The molecule has 3 nitrogen and oxygen atoms in total. The molecule has 1 aromatic rings. The van der Waals surface area contributed by atoms with Crippen LogP contribution in [0.3, 0.4) is 0 Å². The first-order valence-corrected chi connectivity index (χ1v) is 8.15. The Morgan fingerprint density at radius 3 is 2.36 bits per heavy atom. The fourth-order valence-electron chi connectivity index (χ4n) is 3.26. The van der Waals surface area contributed by atoms with Crippen LogP contribution in [0, 0.1) is 13.8 Å². The van der Waals surface area contributed by atoms with E-state index in [1.54, 1.807) is 0 Å². The highest BCUT2D eigenvalue weighted by atomic mass is 35.5. The molecular formula is C18H30ClNO2. The van der Waals surface area contributed by atoms with Crippen molar-refractivity contribution in [1.29, 1.82) is 0 Å². The van der Waals surface area contributed by atoms with Crippen LogP contribution < -0.4 is 4.74 Å². The van der Waals surface area contributed by atoms with E-state index < -0.39 is 6.10 Å². The van der Waals surface area contributed by atoms with Crippen LogP contribution in [0.4, 0.5) is 0 Å². The van der Waals surface area contributed by atoms with Crippen molar-refractivity contribution in [2.24, 2.45) is 0 Å². The number of hydrogen-bond donors (Lipinski definition) is 1.